The summed E-state index contributed by atoms with van der Waals surface area (Å²) in [6, 6.07) is 5.98. The van der Waals surface area contributed by atoms with Crippen molar-refractivity contribution >= 4 is 11.8 Å². The van der Waals surface area contributed by atoms with E-state index in [4.69, 9.17) is 15.2 Å². The standard InChI is InChI=1S/C14H19NO2S/c1-9-14(5-6-18-9)8-12(15)11-7-10(16-2)3-4-13(11)17-14/h3-4,7,9,12H,5-6,8,15H2,1-2H3. The van der Waals surface area contributed by atoms with Gasteiger partial charge in [-0.05, 0) is 37.3 Å². The van der Waals surface area contributed by atoms with Gasteiger partial charge in [-0.2, -0.15) is 11.8 Å². The predicted octanol–water partition coefficient (Wildman–Crippen LogP) is 2.74. The van der Waals surface area contributed by atoms with Gasteiger partial charge in [0.25, 0.3) is 0 Å². The molecule has 0 aliphatic carbocycles. The first kappa shape index (κ1) is 12.2. The van der Waals surface area contributed by atoms with E-state index < -0.39 is 0 Å². The van der Waals surface area contributed by atoms with E-state index in [2.05, 4.69) is 6.92 Å². The number of methoxy groups -OCH3 is 1. The van der Waals surface area contributed by atoms with Gasteiger partial charge in [-0.1, -0.05) is 0 Å². The number of fused-ring (bicyclic) bond motifs is 1. The van der Waals surface area contributed by atoms with Crippen molar-refractivity contribution in [3.63, 3.8) is 0 Å². The Labute approximate surface area is 112 Å². The second kappa shape index (κ2) is 4.35. The third-order valence-corrected chi connectivity index (χ3v) is 5.50. The van der Waals surface area contributed by atoms with Crippen LogP contribution in [0.4, 0.5) is 0 Å². The molecule has 1 aromatic carbocycles. The molecule has 98 valence electrons. The van der Waals surface area contributed by atoms with Gasteiger partial charge in [0.15, 0.2) is 0 Å². The van der Waals surface area contributed by atoms with E-state index in [9.17, 15) is 0 Å². The highest BCUT2D eigenvalue weighted by Gasteiger charge is 2.47. The molecule has 2 heterocycles. The lowest BCUT2D eigenvalue weighted by molar-refractivity contribution is 0.0409. The maximum absolute atomic E-state index is 6.34. The van der Waals surface area contributed by atoms with Gasteiger partial charge in [-0.15, -0.1) is 0 Å². The minimum absolute atomic E-state index is 0.0463. The molecule has 3 rings (SSSR count). The topological polar surface area (TPSA) is 44.5 Å². The molecule has 3 atom stereocenters. The van der Waals surface area contributed by atoms with Crippen LogP contribution in [-0.2, 0) is 0 Å². The van der Waals surface area contributed by atoms with Gasteiger partial charge in [0.2, 0.25) is 0 Å². The summed E-state index contributed by atoms with van der Waals surface area (Å²) in [5.74, 6) is 2.95. The fourth-order valence-electron chi connectivity index (χ4n) is 2.94. The van der Waals surface area contributed by atoms with Gasteiger partial charge in [0, 0.05) is 23.3 Å². The molecule has 2 aliphatic rings. The summed E-state index contributed by atoms with van der Waals surface area (Å²) in [5, 5.41) is 0.513. The van der Waals surface area contributed by atoms with Crippen LogP contribution in [0.5, 0.6) is 11.5 Å². The van der Waals surface area contributed by atoms with Crippen LogP contribution in [0.2, 0.25) is 0 Å². The highest BCUT2D eigenvalue weighted by Crippen LogP contribution is 2.49. The molecule has 3 nitrogen and oxygen atoms in total. The van der Waals surface area contributed by atoms with Gasteiger partial charge in [-0.25, -0.2) is 0 Å². The summed E-state index contributed by atoms with van der Waals surface area (Å²) in [5.41, 5.74) is 7.35. The Kier molecular flexibility index (Phi) is 2.94. The summed E-state index contributed by atoms with van der Waals surface area (Å²) >= 11 is 1.98. The first-order chi connectivity index (χ1) is 8.64. The lowest BCUT2D eigenvalue weighted by Gasteiger charge is -2.41. The molecule has 1 saturated heterocycles. The number of thioether (sulfide) groups is 1. The molecular formula is C14H19NO2S. The van der Waals surface area contributed by atoms with E-state index in [0.717, 1.165) is 29.9 Å². The van der Waals surface area contributed by atoms with Crippen molar-refractivity contribution in [3.8, 4) is 11.5 Å². The van der Waals surface area contributed by atoms with Gasteiger partial charge < -0.3 is 15.2 Å². The molecule has 0 bridgehead atoms. The molecule has 4 heteroatoms. The Morgan fingerprint density at radius 1 is 1.50 bits per heavy atom. The summed E-state index contributed by atoms with van der Waals surface area (Å²) in [6.45, 7) is 2.25. The number of benzene rings is 1. The van der Waals surface area contributed by atoms with Crippen molar-refractivity contribution in [1.82, 2.24) is 0 Å². The zero-order valence-corrected chi connectivity index (χ0v) is 11.6. The SMILES string of the molecule is COc1ccc2c(c1)C(N)CC1(CCSC1C)O2. The van der Waals surface area contributed by atoms with E-state index in [-0.39, 0.29) is 11.6 Å². The van der Waals surface area contributed by atoms with Crippen LogP contribution in [0, 0.1) is 0 Å². The van der Waals surface area contributed by atoms with E-state index in [1.54, 1.807) is 7.11 Å². The monoisotopic (exact) mass is 265 g/mol. The minimum atomic E-state index is -0.0638. The maximum Gasteiger partial charge on any atom is 0.125 e. The zero-order valence-electron chi connectivity index (χ0n) is 10.8. The average molecular weight is 265 g/mol. The van der Waals surface area contributed by atoms with Crippen molar-refractivity contribution in [2.45, 2.75) is 36.7 Å². The van der Waals surface area contributed by atoms with Crippen molar-refractivity contribution < 1.29 is 9.47 Å². The number of nitrogens with two attached hydrogens (primary N) is 1. The Morgan fingerprint density at radius 2 is 2.33 bits per heavy atom. The molecule has 0 saturated carbocycles. The number of hydrogen-bond donors (Lipinski definition) is 1. The first-order valence-corrected chi connectivity index (χ1v) is 7.44. The van der Waals surface area contributed by atoms with Crippen molar-refractivity contribution in [3.05, 3.63) is 23.8 Å². The lowest BCUT2D eigenvalue weighted by Crippen LogP contribution is -2.47. The van der Waals surface area contributed by atoms with E-state index >= 15 is 0 Å². The Bertz CT molecular complexity index is 465. The summed E-state index contributed by atoms with van der Waals surface area (Å²) in [7, 11) is 1.67. The maximum atomic E-state index is 6.34. The quantitative estimate of drug-likeness (QED) is 0.848. The summed E-state index contributed by atoms with van der Waals surface area (Å²) < 4.78 is 11.6. The fourth-order valence-corrected chi connectivity index (χ4v) is 4.33. The average Bonchev–Trinajstić information content (AvgIpc) is 2.70. The molecule has 0 radical (unpaired) electrons. The third-order valence-electron chi connectivity index (χ3n) is 4.13. The van der Waals surface area contributed by atoms with E-state index in [1.165, 1.54) is 5.75 Å². The highest BCUT2D eigenvalue weighted by atomic mass is 32.2. The molecule has 0 aromatic heterocycles. The van der Waals surface area contributed by atoms with E-state index in [1.807, 2.05) is 30.0 Å². The molecule has 3 unspecified atom stereocenters. The fraction of sp³-hybridized carbons (Fsp3) is 0.571. The van der Waals surface area contributed by atoms with Crippen LogP contribution >= 0.6 is 11.8 Å². The van der Waals surface area contributed by atoms with Crippen LogP contribution in [-0.4, -0.2) is 23.7 Å². The van der Waals surface area contributed by atoms with Gasteiger partial charge in [0.05, 0.1) is 7.11 Å². The predicted molar refractivity (Wildman–Crippen MR) is 74.4 cm³/mol. The molecule has 1 fully saturated rings. The van der Waals surface area contributed by atoms with Crippen molar-refractivity contribution in [2.75, 3.05) is 12.9 Å². The number of ether oxygens (including phenoxy) is 2. The minimum Gasteiger partial charge on any atom is -0.497 e. The Morgan fingerprint density at radius 3 is 3.00 bits per heavy atom. The van der Waals surface area contributed by atoms with Crippen LogP contribution in [0.25, 0.3) is 0 Å². The van der Waals surface area contributed by atoms with Gasteiger partial charge >= 0.3 is 0 Å². The molecule has 18 heavy (non-hydrogen) atoms. The molecule has 2 N–H and O–H groups in total. The zero-order chi connectivity index (χ0) is 12.8. The summed E-state index contributed by atoms with van der Waals surface area (Å²) in [4.78, 5) is 0. The second-order valence-corrected chi connectivity index (χ2v) is 6.59. The second-order valence-electron chi connectivity index (χ2n) is 5.14. The van der Waals surface area contributed by atoms with Crippen LogP contribution in [0.1, 0.15) is 31.4 Å². The van der Waals surface area contributed by atoms with Crippen LogP contribution in [0.15, 0.2) is 18.2 Å². The summed E-state index contributed by atoms with van der Waals surface area (Å²) in [6.07, 6.45) is 2.00. The van der Waals surface area contributed by atoms with Crippen molar-refractivity contribution in [2.24, 2.45) is 5.73 Å². The van der Waals surface area contributed by atoms with Gasteiger partial charge in [0.1, 0.15) is 17.1 Å². The molecular weight excluding hydrogens is 246 g/mol. The van der Waals surface area contributed by atoms with E-state index in [0.29, 0.717) is 5.25 Å². The Balaban J connectivity index is 1.98. The highest BCUT2D eigenvalue weighted by molar-refractivity contribution is 8.00. The van der Waals surface area contributed by atoms with Crippen LogP contribution in [0.3, 0.4) is 0 Å². The molecule has 2 aliphatic heterocycles. The normalized spacial score (nSPS) is 34.2. The number of rotatable bonds is 1. The van der Waals surface area contributed by atoms with Gasteiger partial charge in [-0.3, -0.25) is 0 Å². The first-order valence-electron chi connectivity index (χ1n) is 6.39. The lowest BCUT2D eigenvalue weighted by atomic mass is 9.84. The van der Waals surface area contributed by atoms with Crippen LogP contribution < -0.4 is 15.2 Å². The number of hydrogen-bond acceptors (Lipinski definition) is 4. The largest absolute Gasteiger partial charge is 0.497 e. The molecule has 1 aromatic rings. The molecule has 1 spiro atoms. The smallest absolute Gasteiger partial charge is 0.125 e. The van der Waals surface area contributed by atoms with Crippen molar-refractivity contribution in [1.29, 1.82) is 0 Å². The molecule has 0 amide bonds. The third kappa shape index (κ3) is 1.79. The Hall–Kier alpha value is -0.870.